The molecule has 0 bridgehead atoms. The molecule has 3 N–H and O–H groups in total. The van der Waals surface area contributed by atoms with E-state index in [9.17, 15) is 9.00 Å². The standard InChI is InChI=1S/C28H29FN6O2S/c1-16(2)28(36)33-19-8-9-20(21(29)14-19)25-23(24-26(30)31-15-32-27(24)35(25)4)18-7-10-22(17(3)13-18)34-38(37)11-5-6-12-38/h7-10,13-15H,1,5-6,11-12H2,2-4H3,(H,33,36)(H2,30,31,32). The summed E-state index contributed by atoms with van der Waals surface area (Å²) in [6, 6.07) is 10.2. The van der Waals surface area contributed by atoms with E-state index in [0.29, 0.717) is 56.3 Å². The van der Waals surface area contributed by atoms with Crippen LogP contribution in [-0.2, 0) is 21.6 Å². The van der Waals surface area contributed by atoms with Crippen LogP contribution in [0.3, 0.4) is 0 Å². The topological polar surface area (TPSA) is 115 Å². The van der Waals surface area contributed by atoms with Gasteiger partial charge in [0.25, 0.3) is 5.91 Å². The third kappa shape index (κ3) is 4.56. The minimum absolute atomic E-state index is 0.276. The minimum atomic E-state index is -2.22. The third-order valence-corrected chi connectivity index (χ3v) is 9.18. The van der Waals surface area contributed by atoms with Gasteiger partial charge >= 0.3 is 0 Å². The van der Waals surface area contributed by atoms with Crippen molar-refractivity contribution in [3.63, 3.8) is 0 Å². The highest BCUT2D eigenvalue weighted by Crippen LogP contribution is 2.43. The van der Waals surface area contributed by atoms with E-state index in [-0.39, 0.29) is 11.7 Å². The summed E-state index contributed by atoms with van der Waals surface area (Å²) in [5.41, 5.74) is 11.4. The maximum Gasteiger partial charge on any atom is 0.250 e. The number of nitrogens with two attached hydrogens (primary N) is 1. The fourth-order valence-corrected chi connectivity index (χ4v) is 7.10. The lowest BCUT2D eigenvalue weighted by atomic mass is 9.96. The van der Waals surface area contributed by atoms with Crippen molar-refractivity contribution in [3.05, 3.63) is 66.3 Å². The van der Waals surface area contributed by atoms with Gasteiger partial charge in [-0.25, -0.2) is 18.6 Å². The van der Waals surface area contributed by atoms with Crippen molar-refractivity contribution in [2.24, 2.45) is 11.4 Å². The van der Waals surface area contributed by atoms with Crippen LogP contribution in [0.25, 0.3) is 33.4 Å². The van der Waals surface area contributed by atoms with E-state index in [2.05, 4.69) is 26.2 Å². The zero-order valence-electron chi connectivity index (χ0n) is 21.5. The average molecular weight is 533 g/mol. The molecular weight excluding hydrogens is 503 g/mol. The Kier molecular flexibility index (Phi) is 6.52. The van der Waals surface area contributed by atoms with E-state index in [1.165, 1.54) is 12.4 Å². The summed E-state index contributed by atoms with van der Waals surface area (Å²) >= 11 is 0. The number of hydrogen-bond donors (Lipinski definition) is 2. The second kappa shape index (κ2) is 9.68. The number of nitrogen functional groups attached to an aromatic ring is 1. The summed E-state index contributed by atoms with van der Waals surface area (Å²) in [5.74, 6) is 0.614. The molecule has 1 saturated heterocycles. The summed E-state index contributed by atoms with van der Waals surface area (Å²) < 4.78 is 35.0. The van der Waals surface area contributed by atoms with Gasteiger partial charge in [0.2, 0.25) is 0 Å². The Labute approximate surface area is 221 Å². The zero-order valence-corrected chi connectivity index (χ0v) is 22.4. The van der Waals surface area contributed by atoms with Gasteiger partial charge in [0.1, 0.15) is 23.6 Å². The van der Waals surface area contributed by atoms with E-state index in [1.54, 1.807) is 30.7 Å². The smallest absolute Gasteiger partial charge is 0.250 e. The number of nitrogens with zero attached hydrogens (tertiary/aromatic N) is 4. The number of halogens is 1. The van der Waals surface area contributed by atoms with Crippen molar-refractivity contribution in [3.8, 4) is 22.4 Å². The molecule has 1 aliphatic rings. The Morgan fingerprint density at radius 3 is 2.58 bits per heavy atom. The SMILES string of the molecule is C=C(C)C(=O)Nc1ccc(-c2c(-c3ccc(N=S4(=O)CCCC4)c(C)c3)c3c(N)ncnc3n2C)c(F)c1. The highest BCUT2D eigenvalue weighted by Gasteiger charge is 2.24. The molecule has 4 aromatic rings. The normalized spacial score (nSPS) is 14.5. The second-order valence-corrected chi connectivity index (χ2v) is 12.2. The Morgan fingerprint density at radius 1 is 1.18 bits per heavy atom. The molecule has 5 rings (SSSR count). The fraction of sp³-hybridized carbons (Fsp3) is 0.250. The summed E-state index contributed by atoms with van der Waals surface area (Å²) in [6.07, 6.45) is 3.24. The van der Waals surface area contributed by atoms with Crippen LogP contribution in [0.4, 0.5) is 21.6 Å². The van der Waals surface area contributed by atoms with Gasteiger partial charge in [0, 0.05) is 40.9 Å². The molecule has 8 nitrogen and oxygen atoms in total. The summed E-state index contributed by atoms with van der Waals surface area (Å²) in [6.45, 7) is 7.12. The highest BCUT2D eigenvalue weighted by molar-refractivity contribution is 7.93. The van der Waals surface area contributed by atoms with Gasteiger partial charge in [-0.05, 0) is 68.1 Å². The van der Waals surface area contributed by atoms with Gasteiger partial charge in [-0.15, -0.1) is 0 Å². The predicted molar refractivity (Wildman–Crippen MR) is 151 cm³/mol. The van der Waals surface area contributed by atoms with E-state index in [4.69, 9.17) is 5.73 Å². The summed E-state index contributed by atoms with van der Waals surface area (Å²) in [5, 5.41) is 3.25. The Morgan fingerprint density at radius 2 is 1.92 bits per heavy atom. The number of rotatable bonds is 5. The van der Waals surface area contributed by atoms with E-state index in [1.807, 2.05) is 25.1 Å². The molecule has 0 unspecified atom stereocenters. The molecule has 0 atom stereocenters. The van der Waals surface area contributed by atoms with Crippen LogP contribution in [0.2, 0.25) is 0 Å². The molecule has 0 radical (unpaired) electrons. The first-order valence-electron chi connectivity index (χ1n) is 12.3. The molecule has 1 fully saturated rings. The van der Waals surface area contributed by atoms with Crippen LogP contribution >= 0.6 is 0 Å². The molecule has 196 valence electrons. The van der Waals surface area contributed by atoms with Crippen molar-refractivity contribution < 1.29 is 13.4 Å². The van der Waals surface area contributed by atoms with Crippen LogP contribution in [0.15, 0.2) is 59.2 Å². The van der Waals surface area contributed by atoms with Gasteiger partial charge in [0.15, 0.2) is 0 Å². The molecule has 0 spiro atoms. The van der Waals surface area contributed by atoms with Crippen LogP contribution in [0.5, 0.6) is 0 Å². The second-order valence-electron chi connectivity index (χ2n) is 9.65. The first-order valence-corrected chi connectivity index (χ1v) is 14.1. The molecule has 0 saturated carbocycles. The number of hydrogen-bond acceptors (Lipinski definition) is 6. The lowest BCUT2D eigenvalue weighted by Crippen LogP contribution is -2.12. The van der Waals surface area contributed by atoms with Crippen LogP contribution in [-0.4, -0.2) is 36.2 Å². The number of aryl methyl sites for hydroxylation is 2. The fourth-order valence-electron chi connectivity index (χ4n) is 4.84. The Hall–Kier alpha value is -4.05. The molecule has 38 heavy (non-hydrogen) atoms. The predicted octanol–water partition coefficient (Wildman–Crippen LogP) is 5.74. The number of carbonyl (C=O) groups is 1. The van der Waals surface area contributed by atoms with Gasteiger partial charge in [-0.3, -0.25) is 4.79 Å². The van der Waals surface area contributed by atoms with E-state index in [0.717, 1.165) is 24.0 Å². The lowest BCUT2D eigenvalue weighted by molar-refractivity contribution is -0.112. The largest absolute Gasteiger partial charge is 0.383 e. The molecule has 1 aliphatic heterocycles. The number of carbonyl (C=O) groups excluding carboxylic acids is 1. The van der Waals surface area contributed by atoms with Crippen molar-refractivity contribution in [2.75, 3.05) is 22.6 Å². The summed E-state index contributed by atoms with van der Waals surface area (Å²) in [4.78, 5) is 20.6. The number of amides is 1. The lowest BCUT2D eigenvalue weighted by Gasteiger charge is -2.13. The Balaban J connectivity index is 1.69. The molecular formula is C28H29FN6O2S. The maximum absolute atomic E-state index is 15.6. The summed E-state index contributed by atoms with van der Waals surface area (Å²) in [7, 11) is -0.427. The molecule has 0 aliphatic carbocycles. The minimum Gasteiger partial charge on any atom is -0.383 e. The van der Waals surface area contributed by atoms with Crippen molar-refractivity contribution >= 4 is 43.9 Å². The number of aromatic nitrogens is 3. The number of nitrogens with one attached hydrogen (secondary N) is 1. The zero-order chi connectivity index (χ0) is 27.2. The van der Waals surface area contributed by atoms with Crippen LogP contribution in [0.1, 0.15) is 25.3 Å². The number of fused-ring (bicyclic) bond motifs is 1. The number of benzene rings is 2. The highest BCUT2D eigenvalue weighted by atomic mass is 32.2. The van der Waals surface area contributed by atoms with Gasteiger partial charge in [-0.2, -0.15) is 4.36 Å². The monoisotopic (exact) mass is 532 g/mol. The van der Waals surface area contributed by atoms with Gasteiger partial charge in [0.05, 0.1) is 26.5 Å². The van der Waals surface area contributed by atoms with Crippen molar-refractivity contribution in [1.82, 2.24) is 14.5 Å². The van der Waals surface area contributed by atoms with Gasteiger partial charge in [-0.1, -0.05) is 12.6 Å². The maximum atomic E-state index is 15.6. The Bertz CT molecular complexity index is 1740. The third-order valence-electron chi connectivity index (χ3n) is 6.79. The average Bonchev–Trinajstić information content (AvgIpc) is 3.42. The van der Waals surface area contributed by atoms with Crippen LogP contribution in [0, 0.1) is 12.7 Å². The first-order chi connectivity index (χ1) is 18.1. The van der Waals surface area contributed by atoms with Crippen LogP contribution < -0.4 is 11.1 Å². The van der Waals surface area contributed by atoms with E-state index >= 15 is 4.39 Å². The molecule has 2 aromatic carbocycles. The van der Waals surface area contributed by atoms with Crippen molar-refractivity contribution in [2.45, 2.75) is 26.7 Å². The quantitative estimate of drug-likeness (QED) is 0.318. The number of anilines is 2. The van der Waals surface area contributed by atoms with Gasteiger partial charge < -0.3 is 15.6 Å². The first kappa shape index (κ1) is 25.6. The molecule has 3 heterocycles. The molecule has 2 aromatic heterocycles. The van der Waals surface area contributed by atoms with E-state index < -0.39 is 15.5 Å². The van der Waals surface area contributed by atoms with Crippen molar-refractivity contribution in [1.29, 1.82) is 0 Å². The molecule has 10 heteroatoms. The molecule has 1 amide bonds.